The van der Waals surface area contributed by atoms with Crippen LogP contribution in [0.5, 0.6) is 5.75 Å². The summed E-state index contributed by atoms with van der Waals surface area (Å²) in [6, 6.07) is 20.5. The van der Waals surface area contributed by atoms with Crippen molar-refractivity contribution in [3.8, 4) is 5.75 Å². The van der Waals surface area contributed by atoms with Gasteiger partial charge in [-0.05, 0) is 70.4 Å². The van der Waals surface area contributed by atoms with Crippen molar-refractivity contribution in [1.82, 2.24) is 0 Å². The lowest BCUT2D eigenvalue weighted by molar-refractivity contribution is 0.465. The molecular weight excluding hydrogens is 454 g/mol. The molecule has 0 amide bonds. The second-order valence-electron chi connectivity index (χ2n) is 12.8. The van der Waals surface area contributed by atoms with Gasteiger partial charge in [0.15, 0.2) is 0 Å². The number of phenols is 1. The third-order valence-corrected chi connectivity index (χ3v) is 6.17. The van der Waals surface area contributed by atoms with E-state index in [9.17, 15) is 5.11 Å². The molecule has 0 atom stereocenters. The van der Waals surface area contributed by atoms with Crippen molar-refractivity contribution in [3.63, 3.8) is 0 Å². The zero-order valence-electron chi connectivity index (χ0n) is 25.1. The van der Waals surface area contributed by atoms with Gasteiger partial charge < -0.3 is 5.11 Å². The van der Waals surface area contributed by atoms with Crippen LogP contribution in [0.3, 0.4) is 0 Å². The van der Waals surface area contributed by atoms with E-state index < -0.39 is 0 Å². The van der Waals surface area contributed by atoms with Gasteiger partial charge in [-0.15, -0.1) is 0 Å². The van der Waals surface area contributed by atoms with E-state index in [0.717, 1.165) is 11.1 Å². The number of azide groups is 1. The lowest BCUT2D eigenvalue weighted by atomic mass is 9.85. The second kappa shape index (κ2) is 12.8. The van der Waals surface area contributed by atoms with E-state index in [4.69, 9.17) is 5.53 Å². The van der Waals surface area contributed by atoms with Crippen molar-refractivity contribution < 1.29 is 5.11 Å². The highest BCUT2D eigenvalue weighted by molar-refractivity contribution is 5.44. The Hall–Kier alpha value is -3.23. The molecule has 0 saturated carbocycles. The number of rotatable bonds is 1. The first-order valence-corrected chi connectivity index (χ1v) is 12.9. The molecule has 0 radical (unpaired) electrons. The Bertz CT molecular complexity index is 1160. The summed E-state index contributed by atoms with van der Waals surface area (Å²) < 4.78 is 0. The predicted octanol–water partition coefficient (Wildman–Crippen LogP) is 10.5. The summed E-state index contributed by atoms with van der Waals surface area (Å²) in [6.45, 7) is 25.7. The third kappa shape index (κ3) is 10.7. The maximum Gasteiger partial charge on any atom is 0.121 e. The van der Waals surface area contributed by atoms with Crippen molar-refractivity contribution in [2.75, 3.05) is 0 Å². The van der Waals surface area contributed by atoms with E-state index in [1.807, 2.05) is 38.1 Å². The Morgan fingerprint density at radius 2 is 0.946 bits per heavy atom. The van der Waals surface area contributed by atoms with Crippen LogP contribution in [0.1, 0.15) is 95.7 Å². The molecule has 1 N–H and O–H groups in total. The maximum atomic E-state index is 9.60. The van der Waals surface area contributed by atoms with Gasteiger partial charge in [-0.25, -0.2) is 0 Å². The Balaban J connectivity index is 0.000000279. The van der Waals surface area contributed by atoms with Crippen LogP contribution in [-0.4, -0.2) is 5.11 Å². The number of hydrogen-bond donors (Lipinski definition) is 1. The molecule has 0 unspecified atom stereocenters. The Morgan fingerprint density at radius 3 is 1.27 bits per heavy atom. The van der Waals surface area contributed by atoms with Crippen LogP contribution in [0, 0.1) is 20.8 Å². The minimum absolute atomic E-state index is 0.148. The largest absolute Gasteiger partial charge is 0.507 e. The number of aryl methyl sites for hydroxylation is 3. The molecule has 0 aliphatic rings. The third-order valence-electron chi connectivity index (χ3n) is 6.17. The lowest BCUT2D eigenvalue weighted by Crippen LogP contribution is -2.11. The molecule has 0 aliphatic heterocycles. The first kappa shape index (κ1) is 31.8. The van der Waals surface area contributed by atoms with Crippen LogP contribution in [0.2, 0.25) is 0 Å². The zero-order chi connectivity index (χ0) is 28.6. The highest BCUT2D eigenvalue weighted by Crippen LogP contribution is 2.30. The molecule has 37 heavy (non-hydrogen) atoms. The molecule has 200 valence electrons. The summed E-state index contributed by atoms with van der Waals surface area (Å²) in [5.41, 5.74) is 16.6. The Kier molecular flexibility index (Phi) is 11.0. The minimum atomic E-state index is 0.148. The monoisotopic (exact) mass is 501 g/mol. The summed E-state index contributed by atoms with van der Waals surface area (Å²) in [6.07, 6.45) is 0. The maximum absolute atomic E-state index is 9.60. The average molecular weight is 502 g/mol. The smallest absolute Gasteiger partial charge is 0.121 e. The van der Waals surface area contributed by atoms with E-state index in [2.05, 4.69) is 116 Å². The van der Waals surface area contributed by atoms with Crippen molar-refractivity contribution >= 4 is 5.69 Å². The van der Waals surface area contributed by atoms with Crippen LogP contribution in [0.15, 0.2) is 65.8 Å². The molecule has 0 bridgehead atoms. The van der Waals surface area contributed by atoms with Crippen molar-refractivity contribution in [1.29, 1.82) is 0 Å². The molecule has 3 aromatic carbocycles. The quantitative estimate of drug-likeness (QED) is 0.201. The van der Waals surface area contributed by atoms with Gasteiger partial charge >= 0.3 is 0 Å². The van der Waals surface area contributed by atoms with Gasteiger partial charge in [-0.2, -0.15) is 0 Å². The zero-order valence-corrected chi connectivity index (χ0v) is 25.1. The molecule has 4 heteroatoms. The molecule has 0 spiro atoms. The summed E-state index contributed by atoms with van der Waals surface area (Å²) >= 11 is 0. The Labute approximate surface area is 225 Å². The Morgan fingerprint density at radius 1 is 0.595 bits per heavy atom. The van der Waals surface area contributed by atoms with Crippen LogP contribution >= 0.6 is 0 Å². The van der Waals surface area contributed by atoms with E-state index >= 15 is 0 Å². The fourth-order valence-electron chi connectivity index (χ4n) is 3.52. The molecule has 4 nitrogen and oxygen atoms in total. The summed E-state index contributed by atoms with van der Waals surface area (Å²) in [7, 11) is 0. The van der Waals surface area contributed by atoms with E-state index in [-0.39, 0.29) is 16.2 Å². The number of hydrogen-bond acceptors (Lipinski definition) is 2. The second-order valence-corrected chi connectivity index (χ2v) is 12.8. The topological polar surface area (TPSA) is 69.0 Å². The molecule has 3 rings (SSSR count). The molecule has 0 aliphatic carbocycles. The number of nitrogens with zero attached hydrogens (tertiary/aromatic N) is 3. The number of benzene rings is 3. The lowest BCUT2D eigenvalue weighted by Gasteiger charge is -2.20. The van der Waals surface area contributed by atoms with Crippen LogP contribution in [0.4, 0.5) is 5.69 Å². The molecule has 0 heterocycles. The molecule has 0 aromatic heterocycles. The SMILES string of the molecule is CC(C)(C)c1ccc(N=[N+]=[N-])cc1.Cc1cc(C(C)(C)C)cc(C)c1O.Cc1ccc(C(C)(C)C)cc1. The molecule has 0 saturated heterocycles. The average Bonchev–Trinajstić information content (AvgIpc) is 2.77. The van der Waals surface area contributed by atoms with Gasteiger partial charge in [0.05, 0.1) is 0 Å². The number of phenolic OH excluding ortho intramolecular Hbond substituents is 1. The first-order valence-electron chi connectivity index (χ1n) is 12.9. The predicted molar refractivity (Wildman–Crippen MR) is 160 cm³/mol. The molecule has 0 fully saturated rings. The van der Waals surface area contributed by atoms with Gasteiger partial charge in [0, 0.05) is 10.6 Å². The summed E-state index contributed by atoms with van der Waals surface area (Å²) in [4.78, 5) is 2.72. The normalized spacial score (nSPS) is 11.4. The highest BCUT2D eigenvalue weighted by atomic mass is 16.3. The van der Waals surface area contributed by atoms with Gasteiger partial charge in [-0.1, -0.05) is 134 Å². The highest BCUT2D eigenvalue weighted by Gasteiger charge is 2.16. The van der Waals surface area contributed by atoms with E-state index in [0.29, 0.717) is 11.4 Å². The van der Waals surface area contributed by atoms with Crippen molar-refractivity contribution in [2.24, 2.45) is 5.11 Å². The van der Waals surface area contributed by atoms with Crippen LogP contribution in [-0.2, 0) is 16.2 Å². The van der Waals surface area contributed by atoms with E-state index in [1.54, 1.807) is 0 Å². The molecule has 3 aromatic rings. The van der Waals surface area contributed by atoms with Crippen molar-refractivity contribution in [2.45, 2.75) is 99.3 Å². The first-order chi connectivity index (χ1) is 16.9. The fraction of sp³-hybridized carbons (Fsp3) is 0.455. The standard InChI is InChI=1S/C12H18O.C11H16.C10H13N3/c1-8-6-10(12(3,4)5)7-9(2)11(8)13;1-9-5-7-10(8-6-9)11(2,3)4;1-10(2,3)8-4-6-9(7-5-8)12-13-11/h6-7,13H,1-5H3;5-8H,1-4H3;4-7H,1-3H3. The summed E-state index contributed by atoms with van der Waals surface area (Å²) in [5, 5.41) is 13.1. The minimum Gasteiger partial charge on any atom is -0.507 e. The number of aromatic hydroxyl groups is 1. The van der Waals surface area contributed by atoms with E-state index in [1.165, 1.54) is 22.3 Å². The van der Waals surface area contributed by atoms with Gasteiger partial charge in [0.1, 0.15) is 5.75 Å². The van der Waals surface area contributed by atoms with Crippen LogP contribution in [0.25, 0.3) is 10.4 Å². The van der Waals surface area contributed by atoms with Gasteiger partial charge in [-0.3, -0.25) is 0 Å². The van der Waals surface area contributed by atoms with Gasteiger partial charge in [0.25, 0.3) is 0 Å². The summed E-state index contributed by atoms with van der Waals surface area (Å²) in [5.74, 6) is 0.424. The fourth-order valence-corrected chi connectivity index (χ4v) is 3.52. The molecular formula is C33H47N3O. The van der Waals surface area contributed by atoms with Crippen LogP contribution < -0.4 is 0 Å². The van der Waals surface area contributed by atoms with Crippen molar-refractivity contribution in [3.05, 3.63) is 104 Å². The van der Waals surface area contributed by atoms with Gasteiger partial charge in [0.2, 0.25) is 0 Å².